The fourth-order valence-electron chi connectivity index (χ4n) is 10.6. The standard InChI is InChI=1S/C75H136O6/c1-4-7-10-13-16-19-22-25-27-29-31-33-35-36-37-38-40-41-43-45-47-50-53-56-59-62-65-68-74(77)80-71-72(70-79-73(76)67-64-61-58-55-52-49-24-21-18-15-12-9-6-3)81-75(78)69-66-63-60-57-54-51-48-46-44-42-39-34-32-30-28-26-23-20-17-14-11-8-5-2/h22-23,25-26,29-32,35-36,72H,4-21,24,27-28,33-34,37-71H2,1-3H3/b25-22-,26-23-,31-29-,32-30-,36-35-. The van der Waals surface area contributed by atoms with Gasteiger partial charge in [0.25, 0.3) is 0 Å². The highest BCUT2D eigenvalue weighted by molar-refractivity contribution is 5.71. The Bertz CT molecular complexity index is 1440. The van der Waals surface area contributed by atoms with Crippen LogP contribution < -0.4 is 0 Å². The SMILES string of the molecule is CCCCCCC/C=C\C/C=C\C/C=C\CCCCCCCCCCCCCCC(=O)OCC(COC(=O)CCCCCCCCCCCCCCC)OC(=O)CCCCCCCCCCCCC/C=C\C/C=C\CCCCCCC. The summed E-state index contributed by atoms with van der Waals surface area (Å²) in [4.78, 5) is 38.4. The van der Waals surface area contributed by atoms with E-state index in [1.807, 2.05) is 0 Å². The number of carbonyl (C=O) groups excluding carboxylic acids is 3. The van der Waals surface area contributed by atoms with Crippen LogP contribution in [0.1, 0.15) is 380 Å². The van der Waals surface area contributed by atoms with Crippen LogP contribution >= 0.6 is 0 Å². The van der Waals surface area contributed by atoms with Gasteiger partial charge in [0, 0.05) is 19.3 Å². The second kappa shape index (κ2) is 69.6. The first-order valence-electron chi connectivity index (χ1n) is 35.8. The van der Waals surface area contributed by atoms with E-state index >= 15 is 0 Å². The van der Waals surface area contributed by atoms with Crippen molar-refractivity contribution in [2.24, 2.45) is 0 Å². The molecule has 0 heterocycles. The van der Waals surface area contributed by atoms with Crippen molar-refractivity contribution in [1.82, 2.24) is 0 Å². The molecule has 81 heavy (non-hydrogen) atoms. The Hall–Kier alpha value is -2.89. The molecule has 0 aromatic rings. The molecule has 1 atom stereocenters. The minimum Gasteiger partial charge on any atom is -0.462 e. The van der Waals surface area contributed by atoms with Gasteiger partial charge in [0.15, 0.2) is 6.10 Å². The normalized spacial score (nSPS) is 12.4. The lowest BCUT2D eigenvalue weighted by molar-refractivity contribution is -0.167. The molecule has 0 radical (unpaired) electrons. The maximum atomic E-state index is 13.0. The summed E-state index contributed by atoms with van der Waals surface area (Å²) in [6.07, 6.45) is 89.6. The molecule has 0 bridgehead atoms. The number of ether oxygens (including phenoxy) is 3. The fraction of sp³-hybridized carbons (Fsp3) is 0.827. The second-order valence-electron chi connectivity index (χ2n) is 24.1. The smallest absolute Gasteiger partial charge is 0.306 e. The molecule has 0 saturated heterocycles. The lowest BCUT2D eigenvalue weighted by Crippen LogP contribution is -2.30. The number of hydrogen-bond donors (Lipinski definition) is 0. The molecule has 6 heteroatoms. The van der Waals surface area contributed by atoms with Crippen LogP contribution in [0.5, 0.6) is 0 Å². The molecule has 472 valence electrons. The van der Waals surface area contributed by atoms with Gasteiger partial charge < -0.3 is 14.2 Å². The first-order valence-corrected chi connectivity index (χ1v) is 35.8. The Balaban J connectivity index is 4.26. The van der Waals surface area contributed by atoms with Crippen molar-refractivity contribution in [2.45, 2.75) is 386 Å². The molecule has 0 fully saturated rings. The van der Waals surface area contributed by atoms with Gasteiger partial charge in [-0.1, -0.05) is 332 Å². The van der Waals surface area contributed by atoms with Gasteiger partial charge in [0.1, 0.15) is 13.2 Å². The van der Waals surface area contributed by atoms with E-state index < -0.39 is 6.10 Å². The van der Waals surface area contributed by atoms with Gasteiger partial charge >= 0.3 is 17.9 Å². The minimum absolute atomic E-state index is 0.0710. The summed E-state index contributed by atoms with van der Waals surface area (Å²) in [6.45, 7) is 6.67. The number of allylic oxidation sites excluding steroid dienone is 10. The van der Waals surface area contributed by atoms with Crippen LogP contribution in [0.15, 0.2) is 60.8 Å². The maximum Gasteiger partial charge on any atom is 0.306 e. The van der Waals surface area contributed by atoms with Crippen LogP contribution in [-0.4, -0.2) is 37.2 Å². The zero-order valence-corrected chi connectivity index (χ0v) is 54.3. The third kappa shape index (κ3) is 67.8. The third-order valence-electron chi connectivity index (χ3n) is 16.0. The molecule has 0 rings (SSSR count). The number of hydrogen-bond acceptors (Lipinski definition) is 6. The van der Waals surface area contributed by atoms with Crippen LogP contribution in [0.2, 0.25) is 0 Å². The molecule has 6 nitrogen and oxygen atoms in total. The predicted octanol–water partition coefficient (Wildman–Crippen LogP) is 24.7. The van der Waals surface area contributed by atoms with Gasteiger partial charge in [-0.2, -0.15) is 0 Å². The summed E-state index contributed by atoms with van der Waals surface area (Å²) >= 11 is 0. The Morgan fingerprint density at radius 2 is 0.444 bits per heavy atom. The monoisotopic (exact) mass is 1130 g/mol. The quantitative estimate of drug-likeness (QED) is 0.0261. The van der Waals surface area contributed by atoms with E-state index in [0.717, 1.165) is 77.0 Å². The average molecular weight is 1130 g/mol. The number of rotatable bonds is 66. The van der Waals surface area contributed by atoms with E-state index in [0.29, 0.717) is 19.3 Å². The van der Waals surface area contributed by atoms with Gasteiger partial charge in [0.2, 0.25) is 0 Å². The predicted molar refractivity (Wildman–Crippen MR) is 353 cm³/mol. The molecule has 0 N–H and O–H groups in total. The molecule has 0 aromatic carbocycles. The van der Waals surface area contributed by atoms with Gasteiger partial charge in [-0.25, -0.2) is 0 Å². The Kier molecular flexibility index (Phi) is 67.1. The summed E-state index contributed by atoms with van der Waals surface area (Å²) in [5, 5.41) is 0. The van der Waals surface area contributed by atoms with Crippen molar-refractivity contribution in [2.75, 3.05) is 13.2 Å². The van der Waals surface area contributed by atoms with E-state index in [4.69, 9.17) is 14.2 Å². The second-order valence-corrected chi connectivity index (χ2v) is 24.1. The van der Waals surface area contributed by atoms with Crippen molar-refractivity contribution in [3.8, 4) is 0 Å². The zero-order valence-electron chi connectivity index (χ0n) is 54.3. The highest BCUT2D eigenvalue weighted by atomic mass is 16.6. The Morgan fingerprint density at radius 3 is 0.691 bits per heavy atom. The lowest BCUT2D eigenvalue weighted by atomic mass is 10.0. The van der Waals surface area contributed by atoms with Crippen molar-refractivity contribution < 1.29 is 28.6 Å². The van der Waals surface area contributed by atoms with Gasteiger partial charge in [-0.15, -0.1) is 0 Å². The highest BCUT2D eigenvalue weighted by Gasteiger charge is 2.19. The maximum absolute atomic E-state index is 13.0. The summed E-state index contributed by atoms with van der Waals surface area (Å²) in [7, 11) is 0. The molecule has 0 aliphatic carbocycles. The van der Waals surface area contributed by atoms with E-state index in [1.165, 1.54) is 263 Å². The van der Waals surface area contributed by atoms with E-state index in [-0.39, 0.29) is 31.1 Å². The van der Waals surface area contributed by atoms with Gasteiger partial charge in [-0.3, -0.25) is 14.4 Å². The topological polar surface area (TPSA) is 78.9 Å². The molecule has 0 aromatic heterocycles. The Labute approximate surface area is 504 Å². The van der Waals surface area contributed by atoms with Crippen LogP contribution in [0, 0.1) is 0 Å². The first-order chi connectivity index (χ1) is 40.0. The Morgan fingerprint density at radius 1 is 0.247 bits per heavy atom. The van der Waals surface area contributed by atoms with E-state index in [9.17, 15) is 14.4 Å². The van der Waals surface area contributed by atoms with Crippen LogP contribution in [0.4, 0.5) is 0 Å². The largest absolute Gasteiger partial charge is 0.462 e. The van der Waals surface area contributed by atoms with E-state index in [2.05, 4.69) is 81.5 Å². The summed E-state index contributed by atoms with van der Waals surface area (Å²) < 4.78 is 17.0. The van der Waals surface area contributed by atoms with Crippen LogP contribution in [-0.2, 0) is 28.6 Å². The molecular weight excluding hydrogens is 997 g/mol. The number of esters is 3. The van der Waals surface area contributed by atoms with Crippen molar-refractivity contribution in [3.05, 3.63) is 60.8 Å². The highest BCUT2D eigenvalue weighted by Crippen LogP contribution is 2.18. The average Bonchev–Trinajstić information content (AvgIpc) is 3.46. The lowest BCUT2D eigenvalue weighted by Gasteiger charge is -2.18. The molecule has 0 aliphatic rings. The zero-order chi connectivity index (χ0) is 58.5. The van der Waals surface area contributed by atoms with Gasteiger partial charge in [-0.05, 0) is 89.9 Å². The fourth-order valence-corrected chi connectivity index (χ4v) is 10.6. The molecule has 0 aliphatic heterocycles. The number of carbonyl (C=O) groups is 3. The third-order valence-corrected chi connectivity index (χ3v) is 16.0. The van der Waals surface area contributed by atoms with E-state index in [1.54, 1.807) is 0 Å². The summed E-state index contributed by atoms with van der Waals surface area (Å²) in [5.74, 6) is -0.851. The van der Waals surface area contributed by atoms with Crippen molar-refractivity contribution >= 4 is 17.9 Å². The molecule has 0 saturated carbocycles. The molecule has 1 unspecified atom stereocenters. The first kappa shape index (κ1) is 78.1. The molecular formula is C75H136O6. The summed E-state index contributed by atoms with van der Waals surface area (Å²) in [6, 6.07) is 0. The minimum atomic E-state index is -0.775. The van der Waals surface area contributed by atoms with Crippen molar-refractivity contribution in [3.63, 3.8) is 0 Å². The number of unbranched alkanes of at least 4 members (excludes halogenated alkanes) is 45. The molecule has 0 amide bonds. The van der Waals surface area contributed by atoms with Crippen molar-refractivity contribution in [1.29, 1.82) is 0 Å². The molecule has 0 spiro atoms. The van der Waals surface area contributed by atoms with Crippen LogP contribution in [0.3, 0.4) is 0 Å². The summed E-state index contributed by atoms with van der Waals surface area (Å²) in [5.41, 5.74) is 0. The van der Waals surface area contributed by atoms with Crippen LogP contribution in [0.25, 0.3) is 0 Å². The van der Waals surface area contributed by atoms with Gasteiger partial charge in [0.05, 0.1) is 0 Å².